The van der Waals surface area contributed by atoms with Crippen molar-refractivity contribution in [1.82, 2.24) is 9.80 Å². The number of nitrogens with zero attached hydrogens (tertiary/aromatic N) is 2. The first-order valence-electron chi connectivity index (χ1n) is 8.22. The fourth-order valence-electron chi connectivity index (χ4n) is 3.29. The molecule has 24 heavy (non-hydrogen) atoms. The fraction of sp³-hybridized carbons (Fsp3) is 0.875. The third kappa shape index (κ3) is 4.55. The van der Waals surface area contributed by atoms with Gasteiger partial charge in [0.1, 0.15) is 11.6 Å². The molecule has 0 saturated carbocycles. The standard InChI is InChI=1S/C16H26F2N2O4/c1-15(2,3)24-14(22)19-7-5-11(6-8-19)20-10-16(17,18)9-12(20)13(21)23-4/h11-12H,5-10H2,1-4H3. The van der Waals surface area contributed by atoms with E-state index in [1.165, 1.54) is 12.0 Å². The maximum atomic E-state index is 13.8. The molecule has 138 valence electrons. The van der Waals surface area contributed by atoms with Crippen molar-refractivity contribution in [2.24, 2.45) is 0 Å². The minimum Gasteiger partial charge on any atom is -0.468 e. The second kappa shape index (κ2) is 6.82. The van der Waals surface area contributed by atoms with Crippen molar-refractivity contribution in [3.8, 4) is 0 Å². The highest BCUT2D eigenvalue weighted by molar-refractivity contribution is 5.76. The van der Waals surface area contributed by atoms with E-state index in [1.54, 1.807) is 25.7 Å². The summed E-state index contributed by atoms with van der Waals surface area (Å²) in [5.74, 6) is -3.51. The number of halogens is 2. The van der Waals surface area contributed by atoms with Gasteiger partial charge in [-0.15, -0.1) is 0 Å². The number of piperidine rings is 1. The highest BCUT2D eigenvalue weighted by atomic mass is 19.3. The molecule has 6 nitrogen and oxygen atoms in total. The van der Waals surface area contributed by atoms with Crippen LogP contribution in [0.25, 0.3) is 0 Å². The lowest BCUT2D eigenvalue weighted by Crippen LogP contribution is -2.51. The van der Waals surface area contributed by atoms with Gasteiger partial charge in [0.15, 0.2) is 0 Å². The minimum atomic E-state index is -2.89. The van der Waals surface area contributed by atoms with E-state index in [2.05, 4.69) is 4.74 Å². The molecule has 1 atom stereocenters. The van der Waals surface area contributed by atoms with Gasteiger partial charge in [0, 0.05) is 25.6 Å². The Morgan fingerprint density at radius 1 is 1.17 bits per heavy atom. The molecule has 1 unspecified atom stereocenters. The van der Waals surface area contributed by atoms with Crippen molar-refractivity contribution >= 4 is 12.1 Å². The number of carbonyl (C=O) groups excluding carboxylic acids is 2. The van der Waals surface area contributed by atoms with E-state index < -0.39 is 42.6 Å². The first kappa shape index (κ1) is 18.9. The second-order valence-electron chi connectivity index (χ2n) is 7.47. The number of esters is 1. The van der Waals surface area contributed by atoms with Crippen molar-refractivity contribution in [3.05, 3.63) is 0 Å². The highest BCUT2D eigenvalue weighted by Gasteiger charge is 2.51. The van der Waals surface area contributed by atoms with Crippen LogP contribution >= 0.6 is 0 Å². The van der Waals surface area contributed by atoms with Crippen LogP contribution in [0, 0.1) is 0 Å². The third-order valence-corrected chi connectivity index (χ3v) is 4.36. The number of rotatable bonds is 2. The molecule has 0 bridgehead atoms. The molecular formula is C16H26F2N2O4. The van der Waals surface area contributed by atoms with E-state index in [1.807, 2.05) is 0 Å². The molecule has 2 rings (SSSR count). The Labute approximate surface area is 141 Å². The number of ether oxygens (including phenoxy) is 2. The quantitative estimate of drug-likeness (QED) is 0.717. The normalized spacial score (nSPS) is 25.6. The number of hydrogen-bond donors (Lipinski definition) is 0. The zero-order valence-corrected chi connectivity index (χ0v) is 14.7. The minimum absolute atomic E-state index is 0.166. The predicted molar refractivity (Wildman–Crippen MR) is 82.9 cm³/mol. The summed E-state index contributed by atoms with van der Waals surface area (Å²) in [5.41, 5.74) is -0.569. The van der Waals surface area contributed by atoms with Crippen molar-refractivity contribution in [2.75, 3.05) is 26.7 Å². The molecule has 0 radical (unpaired) electrons. The van der Waals surface area contributed by atoms with Gasteiger partial charge in [-0.25, -0.2) is 13.6 Å². The van der Waals surface area contributed by atoms with E-state index in [-0.39, 0.29) is 6.04 Å². The number of alkyl halides is 2. The maximum Gasteiger partial charge on any atom is 0.410 e. The molecule has 2 aliphatic heterocycles. The van der Waals surface area contributed by atoms with Gasteiger partial charge < -0.3 is 14.4 Å². The third-order valence-electron chi connectivity index (χ3n) is 4.36. The van der Waals surface area contributed by atoms with Gasteiger partial charge in [0.05, 0.1) is 13.7 Å². The maximum absolute atomic E-state index is 13.8. The van der Waals surface area contributed by atoms with E-state index in [0.717, 1.165) is 0 Å². The van der Waals surface area contributed by atoms with Gasteiger partial charge in [-0.3, -0.25) is 9.69 Å². The first-order chi connectivity index (χ1) is 11.0. The lowest BCUT2D eigenvalue weighted by atomic mass is 10.0. The van der Waals surface area contributed by atoms with Gasteiger partial charge in [0.25, 0.3) is 5.92 Å². The summed E-state index contributed by atoms with van der Waals surface area (Å²) in [6.45, 7) is 5.80. The molecule has 2 fully saturated rings. The monoisotopic (exact) mass is 348 g/mol. The van der Waals surface area contributed by atoms with Crippen LogP contribution in [-0.4, -0.2) is 72.2 Å². The number of carbonyl (C=O) groups is 2. The van der Waals surface area contributed by atoms with Crippen LogP contribution < -0.4 is 0 Å². The number of methoxy groups -OCH3 is 1. The fourth-order valence-corrected chi connectivity index (χ4v) is 3.29. The number of hydrogen-bond acceptors (Lipinski definition) is 5. The SMILES string of the molecule is COC(=O)C1CC(F)(F)CN1C1CCN(C(=O)OC(C)(C)C)CC1. The average molecular weight is 348 g/mol. The molecule has 8 heteroatoms. The Morgan fingerprint density at radius 3 is 2.25 bits per heavy atom. The first-order valence-corrected chi connectivity index (χ1v) is 8.22. The number of likely N-dealkylation sites (tertiary alicyclic amines) is 2. The van der Waals surface area contributed by atoms with Crippen molar-refractivity contribution < 1.29 is 27.8 Å². The van der Waals surface area contributed by atoms with Crippen molar-refractivity contribution in [2.45, 2.75) is 63.6 Å². The molecule has 0 aliphatic carbocycles. The van der Waals surface area contributed by atoms with Crippen LogP contribution in [0.3, 0.4) is 0 Å². The average Bonchev–Trinajstić information content (AvgIpc) is 2.81. The zero-order valence-electron chi connectivity index (χ0n) is 14.7. The summed E-state index contributed by atoms with van der Waals surface area (Å²) in [6, 6.07) is -1.08. The smallest absolute Gasteiger partial charge is 0.410 e. The second-order valence-corrected chi connectivity index (χ2v) is 7.47. The van der Waals surface area contributed by atoms with Crippen LogP contribution in [0.1, 0.15) is 40.0 Å². The molecular weight excluding hydrogens is 322 g/mol. The van der Waals surface area contributed by atoms with Gasteiger partial charge in [-0.2, -0.15) is 0 Å². The zero-order chi connectivity index (χ0) is 18.1. The van der Waals surface area contributed by atoms with Gasteiger partial charge in [-0.1, -0.05) is 0 Å². The molecule has 2 heterocycles. The van der Waals surface area contributed by atoms with E-state index in [9.17, 15) is 18.4 Å². The molecule has 0 N–H and O–H groups in total. The van der Waals surface area contributed by atoms with Crippen LogP contribution in [0.15, 0.2) is 0 Å². The van der Waals surface area contributed by atoms with E-state index in [0.29, 0.717) is 25.9 Å². The lowest BCUT2D eigenvalue weighted by molar-refractivity contribution is -0.147. The van der Waals surface area contributed by atoms with Crippen LogP contribution in [0.4, 0.5) is 13.6 Å². The molecule has 0 aromatic carbocycles. The predicted octanol–water partition coefficient (Wildman–Crippen LogP) is 2.27. The Kier molecular flexibility index (Phi) is 5.37. The Morgan fingerprint density at radius 2 is 1.75 bits per heavy atom. The van der Waals surface area contributed by atoms with E-state index in [4.69, 9.17) is 4.74 Å². The molecule has 0 spiro atoms. The largest absolute Gasteiger partial charge is 0.468 e. The van der Waals surface area contributed by atoms with Crippen molar-refractivity contribution in [3.63, 3.8) is 0 Å². The molecule has 0 aromatic rings. The van der Waals surface area contributed by atoms with Gasteiger partial charge in [-0.05, 0) is 33.6 Å². The highest BCUT2D eigenvalue weighted by Crippen LogP contribution is 2.36. The number of amides is 1. The van der Waals surface area contributed by atoms with Crippen LogP contribution in [-0.2, 0) is 14.3 Å². The topological polar surface area (TPSA) is 59.1 Å². The summed E-state index contributed by atoms with van der Waals surface area (Å²) in [5, 5.41) is 0. The van der Waals surface area contributed by atoms with Crippen molar-refractivity contribution in [1.29, 1.82) is 0 Å². The summed E-state index contributed by atoms with van der Waals surface area (Å²) >= 11 is 0. The van der Waals surface area contributed by atoms with E-state index >= 15 is 0 Å². The Balaban J connectivity index is 1.95. The molecule has 1 amide bonds. The molecule has 0 aromatic heterocycles. The van der Waals surface area contributed by atoms with Gasteiger partial charge in [0.2, 0.25) is 0 Å². The summed E-state index contributed by atoms with van der Waals surface area (Å²) in [7, 11) is 1.21. The molecule has 2 saturated heterocycles. The Hall–Kier alpha value is -1.44. The van der Waals surface area contributed by atoms with Gasteiger partial charge >= 0.3 is 12.1 Å². The van der Waals surface area contributed by atoms with Crippen LogP contribution in [0.5, 0.6) is 0 Å². The summed E-state index contributed by atoms with van der Waals surface area (Å²) in [6.07, 6.45) is 0.162. The summed E-state index contributed by atoms with van der Waals surface area (Å²) in [4.78, 5) is 27.0. The summed E-state index contributed by atoms with van der Waals surface area (Å²) < 4.78 is 37.5. The Bertz CT molecular complexity index is 485. The lowest BCUT2D eigenvalue weighted by Gasteiger charge is -2.38. The molecule has 2 aliphatic rings. The van der Waals surface area contributed by atoms with Crippen LogP contribution in [0.2, 0.25) is 0 Å².